The van der Waals surface area contributed by atoms with Crippen LogP contribution in [0.1, 0.15) is 28.1 Å². The average Bonchev–Trinajstić information content (AvgIpc) is 3.57. The molecule has 0 aliphatic heterocycles. The summed E-state index contributed by atoms with van der Waals surface area (Å²) in [5, 5.41) is 8.28. The molecule has 0 saturated carbocycles. The zero-order valence-corrected chi connectivity index (χ0v) is 20.4. The summed E-state index contributed by atoms with van der Waals surface area (Å²) in [7, 11) is 4.06. The van der Waals surface area contributed by atoms with Gasteiger partial charge in [0.15, 0.2) is 5.65 Å². The van der Waals surface area contributed by atoms with E-state index in [2.05, 4.69) is 44.6 Å². The first-order valence-corrected chi connectivity index (χ1v) is 11.9. The summed E-state index contributed by atoms with van der Waals surface area (Å²) >= 11 is 0. The van der Waals surface area contributed by atoms with Crippen molar-refractivity contribution in [2.45, 2.75) is 19.4 Å². The van der Waals surface area contributed by atoms with Crippen LogP contribution in [-0.2, 0) is 13.0 Å². The monoisotopic (exact) mass is 480 g/mol. The number of hydrogen-bond acceptors (Lipinski definition) is 6. The molecule has 0 spiro atoms. The maximum Gasteiger partial charge on any atom is 0.252 e. The van der Waals surface area contributed by atoms with Crippen molar-refractivity contribution in [1.29, 1.82) is 0 Å². The SMILES string of the molecule is CN(C)c1ccc(CCCNC(=O)c2cc(-c3cccnc3)nc3c2cnn3Cc2ccco2)cc1. The number of nitrogens with zero attached hydrogens (tertiary/aromatic N) is 5. The van der Waals surface area contributed by atoms with Crippen molar-refractivity contribution in [3.8, 4) is 11.3 Å². The lowest BCUT2D eigenvalue weighted by Crippen LogP contribution is -2.25. The molecular weight excluding hydrogens is 452 g/mol. The summed E-state index contributed by atoms with van der Waals surface area (Å²) < 4.78 is 7.24. The van der Waals surface area contributed by atoms with Crippen LogP contribution in [0.15, 0.2) is 83.9 Å². The third-order valence-corrected chi connectivity index (χ3v) is 6.08. The van der Waals surface area contributed by atoms with Crippen LogP contribution in [0.25, 0.3) is 22.3 Å². The molecule has 0 atom stereocenters. The summed E-state index contributed by atoms with van der Waals surface area (Å²) in [5.41, 5.74) is 5.09. The maximum absolute atomic E-state index is 13.3. The first-order valence-electron chi connectivity index (χ1n) is 11.9. The second-order valence-electron chi connectivity index (χ2n) is 8.84. The number of furan rings is 1. The van der Waals surface area contributed by atoms with E-state index in [9.17, 15) is 4.79 Å². The van der Waals surface area contributed by atoms with Crippen LogP contribution < -0.4 is 10.2 Å². The fraction of sp³-hybridized carbons (Fsp3) is 0.214. The fourth-order valence-electron chi connectivity index (χ4n) is 4.11. The molecule has 0 fully saturated rings. The molecule has 1 amide bonds. The molecule has 0 unspecified atom stereocenters. The minimum Gasteiger partial charge on any atom is -0.467 e. The zero-order chi connectivity index (χ0) is 24.9. The van der Waals surface area contributed by atoms with Crippen molar-refractivity contribution in [1.82, 2.24) is 25.1 Å². The van der Waals surface area contributed by atoms with Crippen LogP contribution in [0.3, 0.4) is 0 Å². The van der Waals surface area contributed by atoms with Gasteiger partial charge in [-0.1, -0.05) is 12.1 Å². The Kier molecular flexibility index (Phi) is 6.75. The van der Waals surface area contributed by atoms with Gasteiger partial charge < -0.3 is 14.6 Å². The number of amides is 1. The van der Waals surface area contributed by atoms with Crippen molar-refractivity contribution in [3.05, 3.63) is 96.3 Å². The highest BCUT2D eigenvalue weighted by molar-refractivity contribution is 6.06. The highest BCUT2D eigenvalue weighted by atomic mass is 16.3. The van der Waals surface area contributed by atoms with Crippen LogP contribution in [0.4, 0.5) is 5.69 Å². The van der Waals surface area contributed by atoms with E-state index in [1.165, 1.54) is 11.3 Å². The smallest absolute Gasteiger partial charge is 0.252 e. The number of fused-ring (bicyclic) bond motifs is 1. The number of aryl methyl sites for hydroxylation is 1. The Hall–Kier alpha value is -4.46. The summed E-state index contributed by atoms with van der Waals surface area (Å²) in [6.45, 7) is 0.995. The van der Waals surface area contributed by atoms with E-state index >= 15 is 0 Å². The summed E-state index contributed by atoms with van der Waals surface area (Å²) in [4.78, 5) is 24.4. The number of carbonyl (C=O) groups is 1. The van der Waals surface area contributed by atoms with E-state index in [0.29, 0.717) is 35.4 Å². The number of carbonyl (C=O) groups excluding carboxylic acids is 1. The third-order valence-electron chi connectivity index (χ3n) is 6.08. The zero-order valence-electron chi connectivity index (χ0n) is 20.4. The molecule has 0 aliphatic rings. The maximum atomic E-state index is 13.3. The Morgan fingerprint density at radius 2 is 1.94 bits per heavy atom. The van der Waals surface area contributed by atoms with Gasteiger partial charge in [0.1, 0.15) is 12.3 Å². The molecule has 5 aromatic rings. The Bertz CT molecular complexity index is 1440. The summed E-state index contributed by atoms with van der Waals surface area (Å²) in [6, 6.07) is 17.8. The van der Waals surface area contributed by atoms with E-state index in [0.717, 1.165) is 24.2 Å². The number of pyridine rings is 2. The molecule has 36 heavy (non-hydrogen) atoms. The van der Waals surface area contributed by atoms with Gasteiger partial charge in [0, 0.05) is 44.3 Å². The fourth-order valence-corrected chi connectivity index (χ4v) is 4.11. The Labute approximate surface area is 209 Å². The molecule has 4 heterocycles. The highest BCUT2D eigenvalue weighted by Crippen LogP contribution is 2.25. The lowest BCUT2D eigenvalue weighted by molar-refractivity contribution is 0.0955. The minimum atomic E-state index is -0.145. The molecule has 8 heteroatoms. The predicted molar refractivity (Wildman–Crippen MR) is 140 cm³/mol. The van der Waals surface area contributed by atoms with Gasteiger partial charge in [-0.15, -0.1) is 0 Å². The number of benzene rings is 1. The molecule has 182 valence electrons. The second-order valence-corrected chi connectivity index (χ2v) is 8.84. The van der Waals surface area contributed by atoms with E-state index in [1.54, 1.807) is 29.5 Å². The third kappa shape index (κ3) is 5.12. The number of aromatic nitrogens is 4. The lowest BCUT2D eigenvalue weighted by Gasteiger charge is -2.13. The van der Waals surface area contributed by atoms with Crippen LogP contribution >= 0.6 is 0 Å². The average molecular weight is 481 g/mol. The first kappa shape index (κ1) is 23.3. The van der Waals surface area contributed by atoms with Gasteiger partial charge in [-0.3, -0.25) is 9.78 Å². The van der Waals surface area contributed by atoms with Crippen molar-refractivity contribution >= 4 is 22.6 Å². The number of hydrogen-bond donors (Lipinski definition) is 1. The molecule has 0 aliphatic carbocycles. The highest BCUT2D eigenvalue weighted by Gasteiger charge is 2.18. The molecule has 1 aromatic carbocycles. The Morgan fingerprint density at radius 3 is 2.67 bits per heavy atom. The van der Waals surface area contributed by atoms with Gasteiger partial charge in [0.2, 0.25) is 0 Å². The van der Waals surface area contributed by atoms with Crippen molar-refractivity contribution in [3.63, 3.8) is 0 Å². The van der Waals surface area contributed by atoms with E-state index in [4.69, 9.17) is 9.40 Å². The molecule has 0 radical (unpaired) electrons. The van der Waals surface area contributed by atoms with E-state index < -0.39 is 0 Å². The van der Waals surface area contributed by atoms with Crippen molar-refractivity contribution < 1.29 is 9.21 Å². The van der Waals surface area contributed by atoms with Crippen LogP contribution in [0, 0.1) is 0 Å². The number of anilines is 1. The predicted octanol–water partition coefficient (Wildman–Crippen LogP) is 4.56. The van der Waals surface area contributed by atoms with Crippen LogP contribution in [-0.4, -0.2) is 46.3 Å². The second kappa shape index (κ2) is 10.4. The molecule has 4 aromatic heterocycles. The number of rotatable bonds is 9. The standard InChI is InChI=1S/C28H28N6O2/c1-33(2)22-11-9-20(10-12-22)6-3-14-30-28(35)24-16-26(21-7-4-13-29-17-21)32-27-25(24)18-31-34(27)19-23-8-5-15-36-23/h4-5,7-13,15-18H,3,6,14,19H2,1-2H3,(H,30,35). The lowest BCUT2D eigenvalue weighted by atomic mass is 10.1. The minimum absolute atomic E-state index is 0.145. The van der Waals surface area contributed by atoms with E-state index in [1.807, 2.05) is 44.4 Å². The summed E-state index contributed by atoms with van der Waals surface area (Å²) in [6.07, 6.45) is 8.51. The Balaban J connectivity index is 1.35. The van der Waals surface area contributed by atoms with Gasteiger partial charge in [0.25, 0.3) is 5.91 Å². The van der Waals surface area contributed by atoms with Crippen molar-refractivity contribution in [2.75, 3.05) is 25.5 Å². The quantitative estimate of drug-likeness (QED) is 0.311. The molecular formula is C28H28N6O2. The number of nitrogens with one attached hydrogen (secondary N) is 1. The molecule has 0 saturated heterocycles. The molecule has 1 N–H and O–H groups in total. The van der Waals surface area contributed by atoms with Crippen LogP contribution in [0.5, 0.6) is 0 Å². The van der Waals surface area contributed by atoms with Gasteiger partial charge in [-0.25, -0.2) is 9.67 Å². The Morgan fingerprint density at radius 1 is 1.08 bits per heavy atom. The molecule has 5 rings (SSSR count). The van der Waals surface area contributed by atoms with Gasteiger partial charge >= 0.3 is 0 Å². The summed E-state index contributed by atoms with van der Waals surface area (Å²) in [5.74, 6) is 0.617. The largest absolute Gasteiger partial charge is 0.467 e. The van der Waals surface area contributed by atoms with Crippen molar-refractivity contribution in [2.24, 2.45) is 0 Å². The van der Waals surface area contributed by atoms with E-state index in [-0.39, 0.29) is 5.91 Å². The van der Waals surface area contributed by atoms with Gasteiger partial charge in [-0.05, 0) is 60.9 Å². The van der Waals surface area contributed by atoms with Crippen LogP contribution in [0.2, 0.25) is 0 Å². The normalized spacial score (nSPS) is 11.1. The molecule has 8 nitrogen and oxygen atoms in total. The van der Waals surface area contributed by atoms with Gasteiger partial charge in [0.05, 0.1) is 29.1 Å². The topological polar surface area (TPSA) is 89.1 Å². The first-order chi connectivity index (χ1) is 17.6. The van der Waals surface area contributed by atoms with Gasteiger partial charge in [-0.2, -0.15) is 5.10 Å². The molecule has 0 bridgehead atoms.